The normalized spacial score (nSPS) is 13.3. The SMILES string of the molecule is CCCCCCC/C=C\C/C=C\C/C=C\CCCCCCCCCCCCCCCCCCC(=O)OC(COC(=O)CCCCCCCCCCCCCCCCCCCCCCCCCCCC)COP(=O)([O-])OCC[N+](C)(C)C. The van der Waals surface area contributed by atoms with Gasteiger partial charge in [0.1, 0.15) is 19.8 Å². The monoisotopic (exact) mass is 1160 g/mol. The average molecular weight is 1160 g/mol. The third-order valence-electron chi connectivity index (χ3n) is 15.9. The molecule has 0 amide bonds. The van der Waals surface area contributed by atoms with Crippen molar-refractivity contribution in [2.45, 2.75) is 360 Å². The zero-order valence-corrected chi connectivity index (χ0v) is 55.4. The highest BCUT2D eigenvalue weighted by Crippen LogP contribution is 2.38. The van der Waals surface area contributed by atoms with E-state index < -0.39 is 26.5 Å². The number of ether oxygens (including phenoxy) is 2. The molecule has 0 heterocycles. The molecule has 478 valence electrons. The smallest absolute Gasteiger partial charge is 0.306 e. The highest BCUT2D eigenvalue weighted by molar-refractivity contribution is 7.45. The maximum Gasteiger partial charge on any atom is 0.306 e. The van der Waals surface area contributed by atoms with E-state index >= 15 is 0 Å². The number of allylic oxidation sites excluding steroid dienone is 6. The van der Waals surface area contributed by atoms with Gasteiger partial charge in [-0.2, -0.15) is 0 Å². The second-order valence-corrected chi connectivity index (χ2v) is 26.7. The van der Waals surface area contributed by atoms with Crippen molar-refractivity contribution in [3.8, 4) is 0 Å². The van der Waals surface area contributed by atoms with E-state index in [0.717, 1.165) is 51.4 Å². The van der Waals surface area contributed by atoms with Crippen molar-refractivity contribution in [2.75, 3.05) is 47.5 Å². The Balaban J connectivity index is 4.01. The summed E-state index contributed by atoms with van der Waals surface area (Å²) in [7, 11) is 1.19. The summed E-state index contributed by atoms with van der Waals surface area (Å²) in [5, 5.41) is 0. The molecule has 2 atom stereocenters. The van der Waals surface area contributed by atoms with Gasteiger partial charge < -0.3 is 27.9 Å². The Hall–Kier alpha value is -1.77. The molecule has 0 aliphatic heterocycles. The average Bonchev–Trinajstić information content (AvgIpc) is 3.43. The molecular formula is C71H136NO8P. The summed E-state index contributed by atoms with van der Waals surface area (Å²) in [4.78, 5) is 38.1. The first-order valence-corrected chi connectivity index (χ1v) is 36.7. The highest BCUT2D eigenvalue weighted by Gasteiger charge is 2.22. The van der Waals surface area contributed by atoms with Crippen LogP contribution in [0.15, 0.2) is 36.5 Å². The fourth-order valence-electron chi connectivity index (χ4n) is 10.5. The summed E-state index contributed by atoms with van der Waals surface area (Å²) in [6.45, 7) is 4.30. The molecule has 0 aliphatic rings. The summed E-state index contributed by atoms with van der Waals surface area (Å²) < 4.78 is 34.3. The van der Waals surface area contributed by atoms with E-state index in [1.54, 1.807) is 0 Å². The van der Waals surface area contributed by atoms with Gasteiger partial charge in [-0.25, -0.2) is 0 Å². The van der Waals surface area contributed by atoms with Gasteiger partial charge in [0.05, 0.1) is 27.7 Å². The number of hydrogen-bond acceptors (Lipinski definition) is 8. The maximum absolute atomic E-state index is 12.9. The first-order chi connectivity index (χ1) is 39.5. The standard InChI is InChI=1S/C71H136NO8P/c1-6-8-10-12-14-16-18-20-22-24-26-28-30-32-34-35-36-37-38-40-42-44-46-48-50-52-54-56-58-60-62-64-71(74)80-69(68-79-81(75,76)78-66-65-72(3,4)5)67-77-70(73)63-61-59-57-55-53-51-49-47-45-43-41-39-33-31-29-27-25-23-21-19-17-15-13-11-9-7-2/h18,20,24,26,30,32,69H,6-17,19,21-23,25,27-29,31,33-68H2,1-5H3/b20-18-,26-24-,32-30-. The van der Waals surface area contributed by atoms with Crippen molar-refractivity contribution in [1.82, 2.24) is 0 Å². The van der Waals surface area contributed by atoms with Crippen LogP contribution in [0.4, 0.5) is 0 Å². The van der Waals surface area contributed by atoms with Gasteiger partial charge >= 0.3 is 11.9 Å². The van der Waals surface area contributed by atoms with Gasteiger partial charge in [-0.1, -0.05) is 326 Å². The molecule has 0 aliphatic carbocycles. The Kier molecular flexibility index (Phi) is 61.4. The fraction of sp³-hybridized carbons (Fsp3) is 0.887. The van der Waals surface area contributed by atoms with Crippen LogP contribution in [-0.2, 0) is 32.7 Å². The number of hydrogen-bond donors (Lipinski definition) is 0. The van der Waals surface area contributed by atoms with Crippen LogP contribution in [0.3, 0.4) is 0 Å². The molecule has 0 aromatic rings. The van der Waals surface area contributed by atoms with Crippen molar-refractivity contribution < 1.29 is 42.1 Å². The minimum Gasteiger partial charge on any atom is -0.756 e. The number of quaternary nitrogens is 1. The van der Waals surface area contributed by atoms with Gasteiger partial charge in [0.2, 0.25) is 0 Å². The van der Waals surface area contributed by atoms with Crippen molar-refractivity contribution in [1.29, 1.82) is 0 Å². The summed E-state index contributed by atoms with van der Waals surface area (Å²) in [6.07, 6.45) is 79.4. The van der Waals surface area contributed by atoms with Crippen LogP contribution in [0, 0.1) is 0 Å². The summed E-state index contributed by atoms with van der Waals surface area (Å²) in [6, 6.07) is 0. The van der Waals surface area contributed by atoms with E-state index in [0.29, 0.717) is 17.4 Å². The summed E-state index contributed by atoms with van der Waals surface area (Å²) in [5.41, 5.74) is 0. The molecule has 0 aromatic carbocycles. The van der Waals surface area contributed by atoms with Crippen LogP contribution in [0.2, 0.25) is 0 Å². The van der Waals surface area contributed by atoms with E-state index in [-0.39, 0.29) is 32.0 Å². The van der Waals surface area contributed by atoms with Gasteiger partial charge in [0.25, 0.3) is 7.82 Å². The van der Waals surface area contributed by atoms with Crippen LogP contribution >= 0.6 is 7.82 Å². The van der Waals surface area contributed by atoms with Crippen LogP contribution < -0.4 is 4.89 Å². The molecule has 0 radical (unpaired) electrons. The molecule has 0 aromatic heterocycles. The molecule has 0 spiro atoms. The zero-order valence-electron chi connectivity index (χ0n) is 54.5. The van der Waals surface area contributed by atoms with Gasteiger partial charge in [0.15, 0.2) is 6.10 Å². The molecule has 9 nitrogen and oxygen atoms in total. The molecule has 0 rings (SSSR count). The molecular weight excluding hydrogens is 1030 g/mol. The van der Waals surface area contributed by atoms with Crippen molar-refractivity contribution in [2.24, 2.45) is 0 Å². The lowest BCUT2D eigenvalue weighted by Crippen LogP contribution is -2.37. The van der Waals surface area contributed by atoms with E-state index in [1.807, 2.05) is 21.1 Å². The van der Waals surface area contributed by atoms with Crippen LogP contribution in [0.5, 0.6) is 0 Å². The minimum absolute atomic E-state index is 0.0280. The number of phosphoric acid groups is 1. The van der Waals surface area contributed by atoms with E-state index in [1.165, 1.54) is 270 Å². The fourth-order valence-corrected chi connectivity index (χ4v) is 11.2. The number of likely N-dealkylation sites (N-methyl/N-ethyl adjacent to an activating group) is 1. The topological polar surface area (TPSA) is 111 Å². The lowest BCUT2D eigenvalue weighted by molar-refractivity contribution is -0.870. The lowest BCUT2D eigenvalue weighted by Gasteiger charge is -2.28. The first-order valence-electron chi connectivity index (χ1n) is 35.2. The van der Waals surface area contributed by atoms with Gasteiger partial charge in [0, 0.05) is 12.8 Å². The number of carbonyl (C=O) groups is 2. The Morgan fingerprint density at radius 1 is 0.383 bits per heavy atom. The first kappa shape index (κ1) is 79.2. The minimum atomic E-state index is -4.64. The van der Waals surface area contributed by atoms with Crippen molar-refractivity contribution in [3.05, 3.63) is 36.5 Å². The highest BCUT2D eigenvalue weighted by atomic mass is 31.2. The van der Waals surface area contributed by atoms with E-state index in [2.05, 4.69) is 50.3 Å². The quantitative estimate of drug-likeness (QED) is 0.0195. The largest absolute Gasteiger partial charge is 0.756 e. The van der Waals surface area contributed by atoms with Gasteiger partial charge in [-0.3, -0.25) is 14.2 Å². The van der Waals surface area contributed by atoms with Crippen LogP contribution in [0.25, 0.3) is 0 Å². The van der Waals surface area contributed by atoms with E-state index in [9.17, 15) is 19.0 Å². The number of nitrogens with zero attached hydrogens (tertiary/aromatic N) is 1. The molecule has 0 N–H and O–H groups in total. The molecule has 81 heavy (non-hydrogen) atoms. The van der Waals surface area contributed by atoms with E-state index in [4.69, 9.17) is 18.5 Å². The van der Waals surface area contributed by atoms with Crippen LogP contribution in [-0.4, -0.2) is 70.0 Å². The third kappa shape index (κ3) is 67.2. The maximum atomic E-state index is 12.9. The number of esters is 2. The van der Waals surface area contributed by atoms with Gasteiger partial charge in [-0.05, 0) is 51.4 Å². The number of carbonyl (C=O) groups excluding carboxylic acids is 2. The molecule has 0 bridgehead atoms. The Morgan fingerprint density at radius 2 is 0.667 bits per heavy atom. The predicted molar refractivity (Wildman–Crippen MR) is 347 cm³/mol. The molecule has 0 fully saturated rings. The van der Waals surface area contributed by atoms with Crippen molar-refractivity contribution >= 4 is 19.8 Å². The number of rotatable bonds is 66. The van der Waals surface area contributed by atoms with Gasteiger partial charge in [-0.15, -0.1) is 0 Å². The summed E-state index contributed by atoms with van der Waals surface area (Å²) >= 11 is 0. The second-order valence-electron chi connectivity index (χ2n) is 25.3. The second kappa shape index (κ2) is 62.8. The Morgan fingerprint density at radius 3 is 0.988 bits per heavy atom. The number of unbranched alkanes of at least 4 members (excludes halogenated alkanes) is 46. The predicted octanol–water partition coefficient (Wildman–Crippen LogP) is 22.0. The number of phosphoric ester groups is 1. The molecule has 2 unspecified atom stereocenters. The third-order valence-corrected chi connectivity index (χ3v) is 16.9. The summed E-state index contributed by atoms with van der Waals surface area (Å²) in [5.74, 6) is -0.812. The zero-order chi connectivity index (χ0) is 59.1. The van der Waals surface area contributed by atoms with Crippen LogP contribution in [0.1, 0.15) is 354 Å². The van der Waals surface area contributed by atoms with Crippen molar-refractivity contribution in [3.63, 3.8) is 0 Å². The molecule has 0 saturated heterocycles. The molecule has 10 heteroatoms. The Bertz CT molecular complexity index is 1460. The molecule has 0 saturated carbocycles. The lowest BCUT2D eigenvalue weighted by atomic mass is 10.0. The Labute approximate surface area is 503 Å².